The van der Waals surface area contributed by atoms with E-state index < -0.39 is 0 Å². The molecule has 3 rings (SSSR count). The Bertz CT molecular complexity index is 744. The van der Waals surface area contributed by atoms with Crippen molar-refractivity contribution in [2.45, 2.75) is 37.5 Å². The molecule has 2 N–H and O–H groups in total. The Labute approximate surface area is 153 Å². The average molecular weight is 363 g/mol. The molecule has 1 unspecified atom stereocenters. The van der Waals surface area contributed by atoms with Crippen LogP contribution in [0.1, 0.15) is 20.8 Å². The van der Waals surface area contributed by atoms with Crippen molar-refractivity contribution in [3.8, 4) is 11.8 Å². The molecule has 1 aromatic rings. The zero-order chi connectivity index (χ0) is 18.0. The van der Waals surface area contributed by atoms with Crippen molar-refractivity contribution in [3.05, 3.63) is 10.4 Å². The molecule has 1 aromatic heterocycles. The molecule has 2 aliphatic rings. The zero-order valence-electron chi connectivity index (χ0n) is 15.3. The summed E-state index contributed by atoms with van der Waals surface area (Å²) in [7, 11) is 1.79. The predicted molar refractivity (Wildman–Crippen MR) is 103 cm³/mol. The van der Waals surface area contributed by atoms with E-state index in [0.717, 1.165) is 31.3 Å². The molecule has 8 heteroatoms. The van der Waals surface area contributed by atoms with Crippen LogP contribution in [-0.4, -0.2) is 58.7 Å². The molecule has 1 saturated heterocycles. The van der Waals surface area contributed by atoms with Crippen LogP contribution in [0.25, 0.3) is 0 Å². The molecular weight excluding hydrogens is 336 g/mol. The van der Waals surface area contributed by atoms with Gasteiger partial charge in [0.25, 0.3) is 5.56 Å². The Balaban J connectivity index is 2.00. The fraction of sp³-hybridized carbons (Fsp3) is 0.647. The number of aromatic nitrogens is 2. The van der Waals surface area contributed by atoms with Crippen molar-refractivity contribution in [1.82, 2.24) is 19.8 Å². The fourth-order valence-electron chi connectivity index (χ4n) is 3.11. The van der Waals surface area contributed by atoms with Crippen molar-refractivity contribution in [1.29, 1.82) is 0 Å². The molecule has 0 radical (unpaired) electrons. The third-order valence-electron chi connectivity index (χ3n) is 4.34. The van der Waals surface area contributed by atoms with Crippen LogP contribution in [-0.2, 0) is 7.05 Å². The molecule has 0 aromatic carbocycles. The molecule has 2 aliphatic heterocycles. The molecular formula is C17H26N6OS. The number of anilines is 2. The van der Waals surface area contributed by atoms with Gasteiger partial charge in [0, 0.05) is 38.5 Å². The van der Waals surface area contributed by atoms with Gasteiger partial charge in [0.2, 0.25) is 0 Å². The van der Waals surface area contributed by atoms with Crippen LogP contribution >= 0.6 is 11.8 Å². The maximum Gasteiger partial charge on any atom is 0.279 e. The molecule has 136 valence electrons. The van der Waals surface area contributed by atoms with E-state index >= 15 is 0 Å². The van der Waals surface area contributed by atoms with E-state index in [9.17, 15) is 4.79 Å². The van der Waals surface area contributed by atoms with Crippen molar-refractivity contribution >= 4 is 23.3 Å². The summed E-state index contributed by atoms with van der Waals surface area (Å²) in [4.78, 5) is 22.1. The largest absolute Gasteiger partial charge is 0.335 e. The highest BCUT2D eigenvalue weighted by Crippen LogP contribution is 2.33. The topological polar surface area (TPSA) is 65.4 Å². The van der Waals surface area contributed by atoms with Gasteiger partial charge in [-0.25, -0.2) is 4.98 Å². The van der Waals surface area contributed by atoms with Crippen LogP contribution in [0.15, 0.2) is 9.95 Å². The molecule has 3 heterocycles. The van der Waals surface area contributed by atoms with Crippen LogP contribution < -0.4 is 21.1 Å². The van der Waals surface area contributed by atoms with E-state index in [0.29, 0.717) is 23.3 Å². The van der Waals surface area contributed by atoms with Crippen LogP contribution in [0.4, 0.5) is 11.5 Å². The van der Waals surface area contributed by atoms with Gasteiger partial charge in [-0.3, -0.25) is 14.3 Å². The van der Waals surface area contributed by atoms with E-state index in [2.05, 4.69) is 46.1 Å². The first-order chi connectivity index (χ1) is 12.0. The fourth-order valence-corrected chi connectivity index (χ4v) is 3.92. The maximum atomic E-state index is 13.0. The summed E-state index contributed by atoms with van der Waals surface area (Å²) in [5.41, 5.74) is 0.609. The minimum Gasteiger partial charge on any atom is -0.335 e. The van der Waals surface area contributed by atoms with Gasteiger partial charge in [0.15, 0.2) is 17.3 Å². The molecule has 7 nitrogen and oxygen atoms in total. The zero-order valence-corrected chi connectivity index (χ0v) is 16.1. The summed E-state index contributed by atoms with van der Waals surface area (Å²) in [6.07, 6.45) is -0.0718. The van der Waals surface area contributed by atoms with Gasteiger partial charge in [-0.1, -0.05) is 31.5 Å². The van der Waals surface area contributed by atoms with Crippen LogP contribution in [0, 0.1) is 11.8 Å². The third-order valence-corrected chi connectivity index (χ3v) is 5.39. The first-order valence-electron chi connectivity index (χ1n) is 8.68. The average Bonchev–Trinajstić information content (AvgIpc) is 2.96. The molecule has 25 heavy (non-hydrogen) atoms. The lowest BCUT2D eigenvalue weighted by Gasteiger charge is -2.37. The Morgan fingerprint density at radius 2 is 2.08 bits per heavy atom. The third kappa shape index (κ3) is 3.64. The van der Waals surface area contributed by atoms with Gasteiger partial charge in [-0.2, -0.15) is 0 Å². The van der Waals surface area contributed by atoms with E-state index in [-0.39, 0.29) is 11.8 Å². The van der Waals surface area contributed by atoms with Gasteiger partial charge in [0.05, 0.1) is 6.54 Å². The molecule has 0 amide bonds. The number of piperazine rings is 1. The molecule has 0 bridgehead atoms. The Kier molecular flexibility index (Phi) is 5.57. The summed E-state index contributed by atoms with van der Waals surface area (Å²) in [5.74, 6) is 6.72. The summed E-state index contributed by atoms with van der Waals surface area (Å²) >= 11 is 1.60. The van der Waals surface area contributed by atoms with E-state index in [4.69, 9.17) is 4.98 Å². The number of nitrogens with one attached hydrogen (secondary N) is 2. The second kappa shape index (κ2) is 7.68. The Morgan fingerprint density at radius 3 is 2.72 bits per heavy atom. The van der Waals surface area contributed by atoms with Gasteiger partial charge in [0.1, 0.15) is 5.69 Å². The monoisotopic (exact) mass is 362 g/mol. The number of thioether (sulfide) groups is 1. The maximum absolute atomic E-state index is 13.0. The smallest absolute Gasteiger partial charge is 0.279 e. The molecule has 0 spiro atoms. The summed E-state index contributed by atoms with van der Waals surface area (Å²) in [6.45, 7) is 10.3. The quantitative estimate of drug-likeness (QED) is 0.465. The highest BCUT2D eigenvalue weighted by atomic mass is 32.2. The van der Waals surface area contributed by atoms with Crippen molar-refractivity contribution in [2.75, 3.05) is 42.9 Å². The SMILES string of the molecule is CC#CCN1c2c(nc(SC(C)C)n(C)c2=O)NC1N1CCNCC1. The summed E-state index contributed by atoms with van der Waals surface area (Å²) < 4.78 is 1.65. The van der Waals surface area contributed by atoms with Crippen molar-refractivity contribution < 1.29 is 0 Å². The van der Waals surface area contributed by atoms with Crippen LogP contribution in [0.5, 0.6) is 0 Å². The Hall–Kier alpha value is -1.69. The van der Waals surface area contributed by atoms with Crippen molar-refractivity contribution in [3.63, 3.8) is 0 Å². The second-order valence-electron chi connectivity index (χ2n) is 6.48. The first-order valence-corrected chi connectivity index (χ1v) is 9.56. The highest BCUT2D eigenvalue weighted by molar-refractivity contribution is 7.99. The van der Waals surface area contributed by atoms with E-state index in [1.54, 1.807) is 23.4 Å². The van der Waals surface area contributed by atoms with Gasteiger partial charge >= 0.3 is 0 Å². The number of fused-ring (bicyclic) bond motifs is 1. The minimum absolute atomic E-state index is 0.0174. The molecule has 1 atom stereocenters. The molecule has 0 aliphatic carbocycles. The molecule has 0 saturated carbocycles. The van der Waals surface area contributed by atoms with E-state index in [1.165, 1.54) is 0 Å². The lowest BCUT2D eigenvalue weighted by atomic mass is 10.3. The standard InChI is InChI=1S/C17H26N6OS/c1-5-6-9-23-13-14(19-16(23)22-10-7-18-8-11-22)20-17(25-12(2)3)21(4)15(13)24/h12,16,18-19H,7-11H2,1-4H3. The highest BCUT2D eigenvalue weighted by Gasteiger charge is 2.37. The Morgan fingerprint density at radius 1 is 1.36 bits per heavy atom. The lowest BCUT2D eigenvalue weighted by Crippen LogP contribution is -2.56. The van der Waals surface area contributed by atoms with Gasteiger partial charge < -0.3 is 15.5 Å². The van der Waals surface area contributed by atoms with Crippen LogP contribution in [0.3, 0.4) is 0 Å². The van der Waals surface area contributed by atoms with Gasteiger partial charge in [-0.15, -0.1) is 5.92 Å². The van der Waals surface area contributed by atoms with Crippen molar-refractivity contribution in [2.24, 2.45) is 7.05 Å². The number of hydrogen-bond acceptors (Lipinski definition) is 7. The number of rotatable bonds is 4. The predicted octanol–water partition coefficient (Wildman–Crippen LogP) is 0.725. The molecule has 1 fully saturated rings. The number of hydrogen-bond donors (Lipinski definition) is 2. The number of nitrogens with zero attached hydrogens (tertiary/aromatic N) is 4. The van der Waals surface area contributed by atoms with Crippen LogP contribution in [0.2, 0.25) is 0 Å². The minimum atomic E-state index is -0.0718. The lowest BCUT2D eigenvalue weighted by molar-refractivity contribution is 0.191. The van der Waals surface area contributed by atoms with Gasteiger partial charge in [-0.05, 0) is 6.92 Å². The normalized spacial score (nSPS) is 20.2. The van der Waals surface area contributed by atoms with E-state index in [1.807, 2.05) is 6.92 Å². The second-order valence-corrected chi connectivity index (χ2v) is 8.02. The summed E-state index contributed by atoms with van der Waals surface area (Å²) in [5, 5.41) is 7.94. The first kappa shape index (κ1) is 18.1. The summed E-state index contributed by atoms with van der Waals surface area (Å²) in [6, 6.07) is 0.